The van der Waals surface area contributed by atoms with Gasteiger partial charge in [-0.3, -0.25) is 0 Å². The van der Waals surface area contributed by atoms with E-state index < -0.39 is 0 Å². The van der Waals surface area contributed by atoms with Gasteiger partial charge in [0.25, 0.3) is 0 Å². The maximum absolute atomic E-state index is 6.25. The third-order valence-electron chi connectivity index (χ3n) is 3.38. The predicted octanol–water partition coefficient (Wildman–Crippen LogP) is 3.55. The van der Waals surface area contributed by atoms with Crippen molar-refractivity contribution in [3.8, 4) is 0 Å². The lowest BCUT2D eigenvalue weighted by Crippen LogP contribution is -2.14. The summed E-state index contributed by atoms with van der Waals surface area (Å²) in [7, 11) is 0. The van der Waals surface area contributed by atoms with Crippen molar-refractivity contribution < 1.29 is 0 Å². The van der Waals surface area contributed by atoms with Crippen molar-refractivity contribution in [1.82, 2.24) is 0 Å². The summed E-state index contributed by atoms with van der Waals surface area (Å²) in [5, 5.41) is 0. The largest absolute Gasteiger partial charge is 0.324 e. The molecule has 0 aliphatic heterocycles. The minimum atomic E-state index is 0.0803. The van der Waals surface area contributed by atoms with Gasteiger partial charge in [-0.2, -0.15) is 0 Å². The fourth-order valence-electron chi connectivity index (χ4n) is 2.09. The van der Waals surface area contributed by atoms with Crippen LogP contribution in [0.2, 0.25) is 0 Å². The number of nitrogens with two attached hydrogens (primary N) is 1. The molecule has 88 valence electrons. The third kappa shape index (κ3) is 2.75. The third-order valence-corrected chi connectivity index (χ3v) is 3.38. The molecule has 1 heteroatoms. The van der Waals surface area contributed by atoms with Crippen LogP contribution in [0.3, 0.4) is 0 Å². The highest BCUT2D eigenvalue weighted by Crippen LogP contribution is 2.20. The molecule has 2 rings (SSSR count). The normalized spacial score (nSPS) is 12.4. The zero-order valence-corrected chi connectivity index (χ0v) is 10.5. The molecule has 0 aromatic heterocycles. The number of hydrogen-bond acceptors (Lipinski definition) is 1. The Hall–Kier alpha value is -1.60. The lowest BCUT2D eigenvalue weighted by molar-refractivity contribution is 0.718. The summed E-state index contributed by atoms with van der Waals surface area (Å²) in [6.45, 7) is 4.31. The van der Waals surface area contributed by atoms with Gasteiger partial charge in [0.2, 0.25) is 0 Å². The van der Waals surface area contributed by atoms with Crippen molar-refractivity contribution in [2.24, 2.45) is 5.73 Å². The standard InChI is InChI=1S/C16H19N/c1-12-7-6-10-15(13(12)2)11-16(17)14-8-4-3-5-9-14/h3-10,16H,11,17H2,1-2H3. The van der Waals surface area contributed by atoms with E-state index in [0.717, 1.165) is 6.42 Å². The monoisotopic (exact) mass is 225 g/mol. The number of hydrogen-bond donors (Lipinski definition) is 1. The second-order valence-corrected chi connectivity index (χ2v) is 4.58. The zero-order valence-electron chi connectivity index (χ0n) is 10.5. The van der Waals surface area contributed by atoms with Crippen molar-refractivity contribution in [1.29, 1.82) is 0 Å². The van der Waals surface area contributed by atoms with Gasteiger partial charge < -0.3 is 5.73 Å². The van der Waals surface area contributed by atoms with Crippen molar-refractivity contribution in [2.75, 3.05) is 0 Å². The van der Waals surface area contributed by atoms with Crippen molar-refractivity contribution in [3.05, 3.63) is 70.8 Å². The quantitative estimate of drug-likeness (QED) is 0.849. The molecule has 0 aliphatic carbocycles. The number of rotatable bonds is 3. The van der Waals surface area contributed by atoms with Crippen LogP contribution >= 0.6 is 0 Å². The summed E-state index contributed by atoms with van der Waals surface area (Å²) < 4.78 is 0. The second-order valence-electron chi connectivity index (χ2n) is 4.58. The molecule has 2 aromatic rings. The van der Waals surface area contributed by atoms with Crippen LogP contribution in [0.1, 0.15) is 28.3 Å². The van der Waals surface area contributed by atoms with E-state index in [-0.39, 0.29) is 6.04 Å². The van der Waals surface area contributed by atoms with E-state index in [1.807, 2.05) is 18.2 Å². The molecule has 0 aliphatic rings. The smallest absolute Gasteiger partial charge is 0.0335 e. The molecule has 1 unspecified atom stereocenters. The van der Waals surface area contributed by atoms with Crippen LogP contribution in [0, 0.1) is 13.8 Å². The maximum atomic E-state index is 6.25. The highest BCUT2D eigenvalue weighted by molar-refractivity contribution is 5.34. The summed E-state index contributed by atoms with van der Waals surface area (Å²) >= 11 is 0. The van der Waals surface area contributed by atoms with Crippen molar-refractivity contribution in [2.45, 2.75) is 26.3 Å². The Bertz CT molecular complexity index is 488. The second kappa shape index (κ2) is 5.15. The minimum Gasteiger partial charge on any atom is -0.324 e. The molecule has 2 aromatic carbocycles. The van der Waals surface area contributed by atoms with Crippen LogP contribution in [0.4, 0.5) is 0 Å². The van der Waals surface area contributed by atoms with Crippen LogP contribution in [0.25, 0.3) is 0 Å². The predicted molar refractivity (Wildman–Crippen MR) is 73.0 cm³/mol. The Morgan fingerprint density at radius 1 is 0.941 bits per heavy atom. The SMILES string of the molecule is Cc1cccc(CC(N)c2ccccc2)c1C. The van der Waals surface area contributed by atoms with E-state index in [4.69, 9.17) is 5.73 Å². The molecule has 0 saturated carbocycles. The van der Waals surface area contributed by atoms with Crippen LogP contribution in [0.5, 0.6) is 0 Å². The number of benzene rings is 2. The van der Waals surface area contributed by atoms with Gasteiger partial charge >= 0.3 is 0 Å². The molecule has 0 saturated heterocycles. The lowest BCUT2D eigenvalue weighted by Gasteiger charge is -2.15. The van der Waals surface area contributed by atoms with E-state index in [9.17, 15) is 0 Å². The summed E-state index contributed by atoms with van der Waals surface area (Å²) in [4.78, 5) is 0. The first kappa shape index (κ1) is 11.9. The van der Waals surface area contributed by atoms with E-state index >= 15 is 0 Å². The molecule has 0 spiro atoms. The van der Waals surface area contributed by atoms with E-state index in [0.29, 0.717) is 0 Å². The zero-order chi connectivity index (χ0) is 12.3. The molecular formula is C16H19N. The van der Waals surface area contributed by atoms with Crippen molar-refractivity contribution >= 4 is 0 Å². The van der Waals surface area contributed by atoms with Crippen LogP contribution in [0.15, 0.2) is 48.5 Å². The Morgan fingerprint density at radius 2 is 1.65 bits per heavy atom. The molecule has 1 atom stereocenters. The minimum absolute atomic E-state index is 0.0803. The van der Waals surface area contributed by atoms with Crippen LogP contribution in [-0.4, -0.2) is 0 Å². The topological polar surface area (TPSA) is 26.0 Å². The van der Waals surface area contributed by atoms with Gasteiger partial charge in [-0.1, -0.05) is 48.5 Å². The maximum Gasteiger partial charge on any atom is 0.0335 e. The van der Waals surface area contributed by atoms with Crippen LogP contribution < -0.4 is 5.73 Å². The lowest BCUT2D eigenvalue weighted by atomic mass is 9.95. The van der Waals surface area contributed by atoms with E-state index in [1.54, 1.807) is 0 Å². The average Bonchev–Trinajstić information content (AvgIpc) is 2.36. The highest BCUT2D eigenvalue weighted by Gasteiger charge is 2.08. The van der Waals surface area contributed by atoms with E-state index in [1.165, 1.54) is 22.3 Å². The van der Waals surface area contributed by atoms with Crippen molar-refractivity contribution in [3.63, 3.8) is 0 Å². The van der Waals surface area contributed by atoms with E-state index in [2.05, 4.69) is 44.2 Å². The Labute approximate surface area is 103 Å². The van der Waals surface area contributed by atoms with Gasteiger partial charge in [0, 0.05) is 6.04 Å². The first-order valence-electron chi connectivity index (χ1n) is 6.04. The summed E-state index contributed by atoms with van der Waals surface area (Å²) in [5.41, 5.74) is 11.5. The van der Waals surface area contributed by atoms with Gasteiger partial charge in [0.1, 0.15) is 0 Å². The van der Waals surface area contributed by atoms with Gasteiger partial charge in [-0.05, 0) is 42.5 Å². The van der Waals surface area contributed by atoms with Gasteiger partial charge in [0.05, 0.1) is 0 Å². The molecule has 17 heavy (non-hydrogen) atoms. The fraction of sp³-hybridized carbons (Fsp3) is 0.250. The highest BCUT2D eigenvalue weighted by atomic mass is 14.6. The summed E-state index contributed by atoms with van der Waals surface area (Å²) in [6, 6.07) is 16.8. The molecule has 0 radical (unpaired) electrons. The Morgan fingerprint density at radius 3 is 2.35 bits per heavy atom. The van der Waals surface area contributed by atoms with Gasteiger partial charge in [-0.25, -0.2) is 0 Å². The molecule has 2 N–H and O–H groups in total. The first-order chi connectivity index (χ1) is 8.18. The summed E-state index contributed by atoms with van der Waals surface area (Å²) in [5.74, 6) is 0. The average molecular weight is 225 g/mol. The Balaban J connectivity index is 2.19. The molecular weight excluding hydrogens is 206 g/mol. The molecule has 0 fully saturated rings. The number of aryl methyl sites for hydroxylation is 1. The molecule has 0 bridgehead atoms. The fourth-order valence-corrected chi connectivity index (χ4v) is 2.09. The Kier molecular flexibility index (Phi) is 3.60. The molecule has 0 amide bonds. The molecule has 1 nitrogen and oxygen atoms in total. The van der Waals surface area contributed by atoms with Gasteiger partial charge in [0.15, 0.2) is 0 Å². The van der Waals surface area contributed by atoms with Crippen LogP contribution in [-0.2, 0) is 6.42 Å². The first-order valence-corrected chi connectivity index (χ1v) is 6.04. The molecule has 0 heterocycles. The summed E-state index contributed by atoms with van der Waals surface area (Å²) in [6.07, 6.45) is 0.900. The van der Waals surface area contributed by atoms with Gasteiger partial charge in [-0.15, -0.1) is 0 Å².